The molecule has 0 radical (unpaired) electrons. The molecule has 2 aromatic carbocycles. The quantitative estimate of drug-likeness (QED) is 0.280. The molecular weight excluding hydrogens is 441 g/mol. The summed E-state index contributed by atoms with van der Waals surface area (Å²) in [5.41, 5.74) is 5.72. The smallest absolute Gasteiger partial charge is 0.255 e. The van der Waals surface area contributed by atoms with Crippen molar-refractivity contribution in [3.05, 3.63) is 119 Å². The Kier molecular flexibility index (Phi) is 5.97. The Labute approximate surface area is 202 Å². The van der Waals surface area contributed by atoms with E-state index < -0.39 is 0 Å². The Bertz CT molecular complexity index is 1500. The third kappa shape index (κ3) is 4.75. The Balaban J connectivity index is 1.55. The van der Waals surface area contributed by atoms with Crippen LogP contribution in [0.1, 0.15) is 39.0 Å². The molecule has 3 N–H and O–H groups in total. The molecule has 1 amide bonds. The lowest BCUT2D eigenvalue weighted by molar-refractivity contribution is 0.102. The van der Waals surface area contributed by atoms with Crippen LogP contribution in [0.2, 0.25) is 0 Å². The first-order valence-corrected chi connectivity index (χ1v) is 11.3. The fourth-order valence-corrected chi connectivity index (χ4v) is 4.21. The number of anilines is 2. The Morgan fingerprint density at radius 1 is 0.971 bits per heavy atom. The first-order chi connectivity index (χ1) is 17.0. The first kappa shape index (κ1) is 22.3. The standard InChI is InChI=1S/C28H24FN5O/c1-17-6-5-8-25(31-17)34-27(24-7-3-4-15-30-24)26-18(2)32-23-14-13-21(16-22(23)26)33-28(35)19-9-11-20(29)12-10-19/h3-16,27,32H,1-2H3,(H,31,34)(H,33,35)/t27-/m1/s1. The van der Waals surface area contributed by atoms with Crippen molar-refractivity contribution in [2.45, 2.75) is 19.9 Å². The van der Waals surface area contributed by atoms with Gasteiger partial charge in [-0.15, -0.1) is 0 Å². The lowest BCUT2D eigenvalue weighted by atomic mass is 9.99. The van der Waals surface area contributed by atoms with Crippen molar-refractivity contribution in [3.63, 3.8) is 0 Å². The summed E-state index contributed by atoms with van der Waals surface area (Å²) < 4.78 is 13.2. The predicted molar refractivity (Wildman–Crippen MR) is 136 cm³/mol. The summed E-state index contributed by atoms with van der Waals surface area (Å²) in [6.07, 6.45) is 1.77. The van der Waals surface area contributed by atoms with E-state index in [0.717, 1.165) is 39.4 Å². The summed E-state index contributed by atoms with van der Waals surface area (Å²) in [5.74, 6) is 0.0586. The number of aromatic nitrogens is 3. The summed E-state index contributed by atoms with van der Waals surface area (Å²) in [4.78, 5) is 25.4. The largest absolute Gasteiger partial charge is 0.358 e. The highest BCUT2D eigenvalue weighted by Gasteiger charge is 2.23. The van der Waals surface area contributed by atoms with E-state index in [1.807, 2.05) is 68.4 Å². The van der Waals surface area contributed by atoms with E-state index in [-0.39, 0.29) is 17.8 Å². The van der Waals surface area contributed by atoms with Gasteiger partial charge in [-0.3, -0.25) is 9.78 Å². The SMILES string of the molecule is Cc1cccc(N[C@H](c2ccccn2)c2c(C)[nH]c3ccc(NC(=O)c4ccc(F)cc4)cc23)n1. The van der Waals surface area contributed by atoms with Crippen LogP contribution in [0.25, 0.3) is 10.9 Å². The summed E-state index contributed by atoms with van der Waals surface area (Å²) in [6.45, 7) is 3.97. The lowest BCUT2D eigenvalue weighted by Gasteiger charge is -2.20. The number of nitrogens with one attached hydrogen (secondary N) is 3. The molecule has 0 unspecified atom stereocenters. The van der Waals surface area contributed by atoms with Gasteiger partial charge in [-0.05, 0) is 80.6 Å². The molecule has 174 valence electrons. The van der Waals surface area contributed by atoms with Crippen molar-refractivity contribution < 1.29 is 9.18 Å². The Morgan fingerprint density at radius 2 is 1.80 bits per heavy atom. The van der Waals surface area contributed by atoms with Crippen LogP contribution in [0.4, 0.5) is 15.9 Å². The summed E-state index contributed by atoms with van der Waals surface area (Å²) in [6, 6.07) is 22.6. The molecule has 1 atom stereocenters. The maximum atomic E-state index is 13.2. The number of aryl methyl sites for hydroxylation is 2. The van der Waals surface area contributed by atoms with Gasteiger partial charge in [-0.1, -0.05) is 12.1 Å². The topological polar surface area (TPSA) is 82.7 Å². The minimum absolute atomic E-state index is 0.276. The van der Waals surface area contributed by atoms with Gasteiger partial charge in [-0.2, -0.15) is 0 Å². The fourth-order valence-electron chi connectivity index (χ4n) is 4.21. The number of H-pyrrole nitrogens is 1. The molecule has 0 bridgehead atoms. The molecule has 0 aliphatic carbocycles. The van der Waals surface area contributed by atoms with E-state index in [1.165, 1.54) is 24.3 Å². The van der Waals surface area contributed by atoms with Crippen LogP contribution in [0.3, 0.4) is 0 Å². The molecule has 35 heavy (non-hydrogen) atoms. The number of pyridine rings is 2. The van der Waals surface area contributed by atoms with E-state index in [2.05, 4.69) is 25.6 Å². The lowest BCUT2D eigenvalue weighted by Crippen LogP contribution is -2.16. The highest BCUT2D eigenvalue weighted by atomic mass is 19.1. The third-order valence-electron chi connectivity index (χ3n) is 5.85. The minimum Gasteiger partial charge on any atom is -0.358 e. The van der Waals surface area contributed by atoms with Crippen LogP contribution in [0.15, 0.2) is 85.1 Å². The van der Waals surface area contributed by atoms with Crippen LogP contribution in [0, 0.1) is 19.7 Å². The van der Waals surface area contributed by atoms with Crippen molar-refractivity contribution >= 4 is 28.3 Å². The van der Waals surface area contributed by atoms with E-state index in [1.54, 1.807) is 6.20 Å². The van der Waals surface area contributed by atoms with Crippen molar-refractivity contribution in [1.82, 2.24) is 15.0 Å². The van der Waals surface area contributed by atoms with Crippen LogP contribution < -0.4 is 10.6 Å². The van der Waals surface area contributed by atoms with Gasteiger partial charge in [0, 0.05) is 45.3 Å². The van der Waals surface area contributed by atoms with Gasteiger partial charge < -0.3 is 15.6 Å². The Morgan fingerprint density at radius 3 is 2.54 bits per heavy atom. The molecule has 7 heteroatoms. The monoisotopic (exact) mass is 465 g/mol. The summed E-state index contributed by atoms with van der Waals surface area (Å²) in [5, 5.41) is 7.42. The van der Waals surface area contributed by atoms with Gasteiger partial charge in [0.05, 0.1) is 11.7 Å². The Hall–Kier alpha value is -4.52. The second kappa shape index (κ2) is 9.38. The van der Waals surface area contributed by atoms with Crippen LogP contribution in [0.5, 0.6) is 0 Å². The van der Waals surface area contributed by atoms with E-state index in [4.69, 9.17) is 0 Å². The number of halogens is 1. The van der Waals surface area contributed by atoms with Gasteiger partial charge in [0.2, 0.25) is 0 Å². The number of rotatable bonds is 6. The molecule has 0 saturated carbocycles. The molecular formula is C28H24FN5O. The zero-order chi connectivity index (χ0) is 24.4. The molecule has 3 aromatic heterocycles. The van der Waals surface area contributed by atoms with Crippen molar-refractivity contribution in [2.75, 3.05) is 10.6 Å². The molecule has 5 rings (SSSR count). The average molecular weight is 466 g/mol. The number of nitrogens with zero attached hydrogens (tertiary/aromatic N) is 2. The van der Waals surface area contributed by atoms with Crippen LogP contribution in [-0.2, 0) is 0 Å². The summed E-state index contributed by atoms with van der Waals surface area (Å²) >= 11 is 0. The maximum absolute atomic E-state index is 13.2. The number of hydrogen-bond acceptors (Lipinski definition) is 4. The van der Waals surface area contributed by atoms with Crippen LogP contribution >= 0.6 is 0 Å². The van der Waals surface area contributed by atoms with Gasteiger partial charge in [0.15, 0.2) is 0 Å². The molecule has 0 aliphatic heterocycles. The number of benzene rings is 2. The fraction of sp³-hybridized carbons (Fsp3) is 0.107. The third-order valence-corrected chi connectivity index (χ3v) is 5.85. The molecule has 0 saturated heterocycles. The molecule has 0 fully saturated rings. The van der Waals surface area contributed by atoms with E-state index >= 15 is 0 Å². The van der Waals surface area contributed by atoms with Gasteiger partial charge in [0.1, 0.15) is 11.6 Å². The summed E-state index contributed by atoms with van der Waals surface area (Å²) in [7, 11) is 0. The number of carbonyl (C=O) groups is 1. The van der Waals surface area contributed by atoms with Gasteiger partial charge >= 0.3 is 0 Å². The van der Waals surface area contributed by atoms with E-state index in [9.17, 15) is 9.18 Å². The molecule has 0 aliphatic rings. The number of amides is 1. The van der Waals surface area contributed by atoms with Gasteiger partial charge in [-0.25, -0.2) is 9.37 Å². The zero-order valence-electron chi connectivity index (χ0n) is 19.3. The van der Waals surface area contributed by atoms with Crippen molar-refractivity contribution in [3.8, 4) is 0 Å². The highest BCUT2D eigenvalue weighted by molar-refractivity contribution is 6.05. The predicted octanol–water partition coefficient (Wildman–Crippen LogP) is 6.17. The second-order valence-electron chi connectivity index (χ2n) is 8.38. The second-order valence-corrected chi connectivity index (χ2v) is 8.38. The number of hydrogen-bond donors (Lipinski definition) is 3. The number of aromatic amines is 1. The number of carbonyl (C=O) groups excluding carboxylic acids is 1. The minimum atomic E-state index is -0.383. The molecule has 6 nitrogen and oxygen atoms in total. The molecule has 0 spiro atoms. The highest BCUT2D eigenvalue weighted by Crippen LogP contribution is 2.35. The maximum Gasteiger partial charge on any atom is 0.255 e. The van der Waals surface area contributed by atoms with Gasteiger partial charge in [0.25, 0.3) is 5.91 Å². The van der Waals surface area contributed by atoms with Crippen molar-refractivity contribution in [2.24, 2.45) is 0 Å². The molecule has 5 aromatic rings. The number of fused-ring (bicyclic) bond motifs is 1. The zero-order valence-corrected chi connectivity index (χ0v) is 19.3. The average Bonchev–Trinajstić information content (AvgIpc) is 3.18. The normalized spacial score (nSPS) is 11.9. The van der Waals surface area contributed by atoms with Crippen LogP contribution in [-0.4, -0.2) is 20.9 Å². The first-order valence-electron chi connectivity index (χ1n) is 11.3. The van der Waals surface area contributed by atoms with E-state index in [0.29, 0.717) is 11.3 Å². The molecule has 3 heterocycles. The van der Waals surface area contributed by atoms with Crippen molar-refractivity contribution in [1.29, 1.82) is 0 Å².